The Hall–Kier alpha value is -2.93. The van der Waals surface area contributed by atoms with Gasteiger partial charge in [0.2, 0.25) is 5.91 Å². The minimum Gasteiger partial charge on any atom is -0.325 e. The van der Waals surface area contributed by atoms with Gasteiger partial charge < -0.3 is 5.32 Å². The van der Waals surface area contributed by atoms with Gasteiger partial charge in [0.05, 0.1) is 16.2 Å². The second kappa shape index (κ2) is 7.31. The summed E-state index contributed by atoms with van der Waals surface area (Å²) in [4.78, 5) is 28.0. The minimum atomic E-state index is -0.456. The lowest BCUT2D eigenvalue weighted by molar-refractivity contribution is -0.385. The Morgan fingerprint density at radius 2 is 2.04 bits per heavy atom. The molecule has 25 heavy (non-hydrogen) atoms. The summed E-state index contributed by atoms with van der Waals surface area (Å²) in [5.74, 6) is -0.0144. The third-order valence-electron chi connectivity index (χ3n) is 3.66. The number of carbonyl (C=O) groups is 1. The smallest absolute Gasteiger partial charge is 0.274 e. The van der Waals surface area contributed by atoms with Crippen molar-refractivity contribution in [3.05, 3.63) is 70.4 Å². The Kier molecular flexibility index (Phi) is 4.95. The highest BCUT2D eigenvalue weighted by Crippen LogP contribution is 2.27. The van der Waals surface area contributed by atoms with E-state index in [9.17, 15) is 14.9 Å². The number of amides is 1. The van der Waals surface area contributed by atoms with Crippen LogP contribution in [0.25, 0.3) is 10.9 Å². The fraction of sp³-hybridized carbons (Fsp3) is 0.111. The van der Waals surface area contributed by atoms with Crippen LogP contribution in [-0.4, -0.2) is 21.6 Å². The quantitative estimate of drug-likeness (QED) is 0.422. The predicted octanol–water partition coefficient (Wildman–Crippen LogP) is 4.18. The van der Waals surface area contributed by atoms with Gasteiger partial charge >= 0.3 is 0 Å². The molecular weight excluding hydrogens is 338 g/mol. The summed E-state index contributed by atoms with van der Waals surface area (Å²) in [5, 5.41) is 14.7. The molecule has 1 aromatic heterocycles. The van der Waals surface area contributed by atoms with E-state index < -0.39 is 4.92 Å². The number of anilines is 1. The van der Waals surface area contributed by atoms with Gasteiger partial charge in [-0.3, -0.25) is 19.9 Å². The summed E-state index contributed by atoms with van der Waals surface area (Å²) in [6.07, 6.45) is 1.71. The van der Waals surface area contributed by atoms with Crippen LogP contribution in [0.1, 0.15) is 5.56 Å². The molecule has 0 unspecified atom stereocenters. The van der Waals surface area contributed by atoms with E-state index >= 15 is 0 Å². The highest BCUT2D eigenvalue weighted by Gasteiger charge is 2.13. The van der Waals surface area contributed by atoms with Gasteiger partial charge in [-0.05, 0) is 25.1 Å². The van der Waals surface area contributed by atoms with Crippen molar-refractivity contribution in [3.63, 3.8) is 0 Å². The number of pyridine rings is 1. The normalized spacial score (nSPS) is 10.6. The van der Waals surface area contributed by atoms with Gasteiger partial charge in [-0.25, -0.2) is 0 Å². The number of nitro groups is 1. The van der Waals surface area contributed by atoms with Gasteiger partial charge in [-0.2, -0.15) is 0 Å². The van der Waals surface area contributed by atoms with E-state index in [2.05, 4.69) is 10.3 Å². The van der Waals surface area contributed by atoms with E-state index in [1.807, 2.05) is 30.3 Å². The number of thioether (sulfide) groups is 1. The largest absolute Gasteiger partial charge is 0.325 e. The number of nitrogens with one attached hydrogen (secondary N) is 1. The number of nitro benzene ring substituents is 1. The Labute approximate surface area is 148 Å². The van der Waals surface area contributed by atoms with Crippen molar-refractivity contribution in [1.29, 1.82) is 0 Å². The lowest BCUT2D eigenvalue weighted by atomic mass is 10.2. The zero-order valence-electron chi connectivity index (χ0n) is 13.4. The number of rotatable bonds is 5. The molecule has 0 spiro atoms. The molecule has 1 amide bonds. The average molecular weight is 353 g/mol. The van der Waals surface area contributed by atoms with Crippen LogP contribution < -0.4 is 5.32 Å². The first kappa shape index (κ1) is 16.9. The Morgan fingerprint density at radius 1 is 1.24 bits per heavy atom. The van der Waals surface area contributed by atoms with Crippen LogP contribution in [0.3, 0.4) is 0 Å². The molecule has 0 aliphatic carbocycles. The van der Waals surface area contributed by atoms with Crippen molar-refractivity contribution >= 4 is 39.9 Å². The Balaban J connectivity index is 1.69. The van der Waals surface area contributed by atoms with E-state index in [1.54, 1.807) is 25.3 Å². The number of aryl methyl sites for hydroxylation is 1. The van der Waals surface area contributed by atoms with Crippen molar-refractivity contribution in [2.75, 3.05) is 11.1 Å². The number of carbonyl (C=O) groups excluding carboxylic acids is 1. The van der Waals surface area contributed by atoms with E-state index in [1.165, 1.54) is 17.8 Å². The second-order valence-electron chi connectivity index (χ2n) is 5.42. The van der Waals surface area contributed by atoms with E-state index in [0.717, 1.165) is 15.8 Å². The Bertz CT molecular complexity index is 954. The number of fused-ring (bicyclic) bond motifs is 1. The first-order valence-corrected chi connectivity index (χ1v) is 8.54. The summed E-state index contributed by atoms with van der Waals surface area (Å²) >= 11 is 1.40. The maximum Gasteiger partial charge on any atom is 0.274 e. The molecule has 126 valence electrons. The molecule has 0 aliphatic heterocycles. The van der Waals surface area contributed by atoms with Crippen LogP contribution in [0.5, 0.6) is 0 Å². The van der Waals surface area contributed by atoms with E-state index in [4.69, 9.17) is 0 Å². The molecule has 0 atom stereocenters. The van der Waals surface area contributed by atoms with Gasteiger partial charge in [-0.15, -0.1) is 11.8 Å². The van der Waals surface area contributed by atoms with Crippen molar-refractivity contribution < 1.29 is 9.72 Å². The maximum absolute atomic E-state index is 12.2. The summed E-state index contributed by atoms with van der Waals surface area (Å²) in [6.45, 7) is 1.66. The lowest BCUT2D eigenvalue weighted by Crippen LogP contribution is -2.14. The molecule has 0 bridgehead atoms. The summed E-state index contributed by atoms with van der Waals surface area (Å²) in [5.41, 5.74) is 1.84. The predicted molar refractivity (Wildman–Crippen MR) is 98.9 cm³/mol. The number of hydrogen-bond acceptors (Lipinski definition) is 5. The standard InChI is InChI=1S/C18H15N3O3S/c1-12-6-7-13(10-16(12)21(23)24)20-18(22)11-25-17-8-9-19-15-5-3-2-4-14(15)17/h2-10H,11H2,1H3,(H,20,22). The highest BCUT2D eigenvalue weighted by atomic mass is 32.2. The highest BCUT2D eigenvalue weighted by molar-refractivity contribution is 8.00. The first-order chi connectivity index (χ1) is 12.0. The number of nitrogens with zero attached hydrogens (tertiary/aromatic N) is 2. The van der Waals surface area contributed by atoms with Gasteiger partial charge in [0.25, 0.3) is 5.69 Å². The maximum atomic E-state index is 12.2. The number of benzene rings is 2. The fourth-order valence-electron chi connectivity index (χ4n) is 2.42. The second-order valence-corrected chi connectivity index (χ2v) is 6.44. The molecule has 3 rings (SSSR count). The van der Waals surface area contributed by atoms with Crippen LogP contribution in [0.2, 0.25) is 0 Å². The molecule has 0 radical (unpaired) electrons. The molecule has 0 saturated carbocycles. The molecule has 3 aromatic rings. The zero-order chi connectivity index (χ0) is 17.8. The topological polar surface area (TPSA) is 85.1 Å². The third kappa shape index (κ3) is 3.95. The van der Waals surface area contributed by atoms with Gasteiger partial charge in [0, 0.05) is 33.8 Å². The summed E-state index contributed by atoms with van der Waals surface area (Å²) < 4.78 is 0. The van der Waals surface area contributed by atoms with Crippen LogP contribution in [-0.2, 0) is 4.79 Å². The van der Waals surface area contributed by atoms with Crippen molar-refractivity contribution in [2.24, 2.45) is 0 Å². The van der Waals surface area contributed by atoms with Crippen LogP contribution >= 0.6 is 11.8 Å². The van der Waals surface area contributed by atoms with E-state index in [-0.39, 0.29) is 17.3 Å². The molecule has 7 heteroatoms. The average Bonchev–Trinajstić information content (AvgIpc) is 2.61. The molecule has 2 aromatic carbocycles. The molecule has 1 N–H and O–H groups in total. The van der Waals surface area contributed by atoms with Gasteiger partial charge in [0.15, 0.2) is 0 Å². The first-order valence-electron chi connectivity index (χ1n) is 7.56. The molecule has 6 nitrogen and oxygen atoms in total. The third-order valence-corrected chi connectivity index (χ3v) is 4.73. The van der Waals surface area contributed by atoms with E-state index in [0.29, 0.717) is 11.3 Å². The molecule has 0 aliphatic rings. The lowest BCUT2D eigenvalue weighted by Gasteiger charge is -2.07. The minimum absolute atomic E-state index is 0.00872. The molecular formula is C18H15N3O3S. The SMILES string of the molecule is Cc1ccc(NC(=O)CSc2ccnc3ccccc23)cc1[N+](=O)[O-]. The van der Waals surface area contributed by atoms with Crippen molar-refractivity contribution in [2.45, 2.75) is 11.8 Å². The van der Waals surface area contributed by atoms with Gasteiger partial charge in [-0.1, -0.05) is 24.3 Å². The van der Waals surface area contributed by atoms with Gasteiger partial charge in [0.1, 0.15) is 0 Å². The van der Waals surface area contributed by atoms with Crippen molar-refractivity contribution in [3.8, 4) is 0 Å². The summed E-state index contributed by atoms with van der Waals surface area (Å²) in [6, 6.07) is 14.3. The Morgan fingerprint density at radius 3 is 2.84 bits per heavy atom. The molecule has 0 fully saturated rings. The monoisotopic (exact) mass is 353 g/mol. The van der Waals surface area contributed by atoms with Crippen LogP contribution in [0.4, 0.5) is 11.4 Å². The number of aromatic nitrogens is 1. The summed E-state index contributed by atoms with van der Waals surface area (Å²) in [7, 11) is 0. The number of para-hydroxylation sites is 1. The van der Waals surface area contributed by atoms with Crippen molar-refractivity contribution in [1.82, 2.24) is 4.98 Å². The van der Waals surface area contributed by atoms with Crippen LogP contribution in [0.15, 0.2) is 59.6 Å². The zero-order valence-corrected chi connectivity index (χ0v) is 14.2. The number of hydrogen-bond donors (Lipinski definition) is 1. The molecule has 0 saturated heterocycles. The fourth-order valence-corrected chi connectivity index (χ4v) is 3.26. The molecule has 1 heterocycles. The van der Waals surface area contributed by atoms with Crippen LogP contribution in [0, 0.1) is 17.0 Å².